The van der Waals surface area contributed by atoms with Crippen LogP contribution in [0.5, 0.6) is 5.75 Å². The third-order valence-corrected chi connectivity index (χ3v) is 6.89. The summed E-state index contributed by atoms with van der Waals surface area (Å²) in [7, 11) is 0. The number of thiophene rings is 1. The van der Waals surface area contributed by atoms with Crippen LogP contribution in [0.25, 0.3) is 0 Å². The Bertz CT molecular complexity index is 1230. The van der Waals surface area contributed by atoms with Gasteiger partial charge in [-0.05, 0) is 46.5 Å². The Morgan fingerprint density at radius 1 is 1.17 bits per heavy atom. The fourth-order valence-electron chi connectivity index (χ4n) is 3.76. The molecule has 192 valence electrons. The van der Waals surface area contributed by atoms with E-state index in [1.54, 1.807) is 18.2 Å². The normalized spacial score (nSPS) is 13.4. The summed E-state index contributed by atoms with van der Waals surface area (Å²) in [5.41, 5.74) is 0.850. The first-order valence-corrected chi connectivity index (χ1v) is 13.0. The number of Topliss-reactive ketones (excluding diaryl/α,β-unsaturated/α-hetero) is 2. The molecule has 0 saturated heterocycles. The summed E-state index contributed by atoms with van der Waals surface area (Å²) in [5, 5.41) is 20.3. The average Bonchev–Trinajstić information content (AvgIpc) is 3.51. The summed E-state index contributed by atoms with van der Waals surface area (Å²) in [6.45, 7) is 9.31. The van der Waals surface area contributed by atoms with Crippen molar-refractivity contribution in [3.05, 3.63) is 68.7 Å². The zero-order valence-electron chi connectivity index (χ0n) is 21.0. The van der Waals surface area contributed by atoms with E-state index in [1.807, 2.05) is 51.4 Å². The zero-order chi connectivity index (χ0) is 26.6. The van der Waals surface area contributed by atoms with Gasteiger partial charge in [0.2, 0.25) is 0 Å². The first-order chi connectivity index (χ1) is 16.9. The number of aromatic hydroxyl groups is 1. The molecule has 3 aromatic rings. The number of rotatable bonds is 10. The van der Waals surface area contributed by atoms with Crippen molar-refractivity contribution in [1.82, 2.24) is 10.5 Å². The van der Waals surface area contributed by atoms with Crippen LogP contribution in [-0.2, 0) is 16.0 Å². The van der Waals surface area contributed by atoms with Crippen molar-refractivity contribution in [1.29, 1.82) is 0 Å². The molecule has 7 nitrogen and oxygen atoms in total. The number of benzene rings is 1. The smallest absolute Gasteiger partial charge is 0.274 e. The van der Waals surface area contributed by atoms with Crippen molar-refractivity contribution in [2.75, 3.05) is 0 Å². The maximum absolute atomic E-state index is 13.6. The molecule has 0 saturated carbocycles. The number of nitrogens with one attached hydrogen (secondary N) is 1. The number of nitrogens with zero attached hydrogens (tertiary/aromatic N) is 1. The summed E-state index contributed by atoms with van der Waals surface area (Å²) in [6, 6.07) is 7.07. The number of phenolic OH excluding ortho intramolecular Hbond substituents is 1. The van der Waals surface area contributed by atoms with Crippen molar-refractivity contribution in [3.8, 4) is 5.75 Å². The molecule has 0 spiro atoms. The molecule has 9 heteroatoms. The highest BCUT2D eigenvalue weighted by molar-refractivity contribution is 7.08. The SMILES string of the molecule is CC(C)c1cc(C(=O)N[C@@H](Cc2ccc(O)c(Cl)c2)C(=O)C[C@H](C(=O)C(C)(C)C)c2ccsc2)no1. The summed E-state index contributed by atoms with van der Waals surface area (Å²) >= 11 is 7.53. The van der Waals surface area contributed by atoms with Gasteiger partial charge < -0.3 is 14.9 Å². The molecule has 0 aliphatic rings. The number of amides is 1. The lowest BCUT2D eigenvalue weighted by Crippen LogP contribution is -2.43. The minimum Gasteiger partial charge on any atom is -0.506 e. The largest absolute Gasteiger partial charge is 0.506 e. The molecule has 36 heavy (non-hydrogen) atoms. The van der Waals surface area contributed by atoms with Gasteiger partial charge in [-0.1, -0.05) is 57.4 Å². The summed E-state index contributed by atoms with van der Waals surface area (Å²) < 4.78 is 5.23. The highest BCUT2D eigenvalue weighted by Crippen LogP contribution is 2.32. The standard InChI is InChI=1S/C27H31ClN2O5S/c1-15(2)24-13-21(30-35-24)26(34)29-20(11-16-6-7-22(31)19(28)10-16)23(32)12-18(17-8-9-36-14-17)25(33)27(3,4)5/h6-10,13-15,18,20,31H,11-12H2,1-5H3,(H,29,34)/t18-,20-/m0/s1. The van der Waals surface area contributed by atoms with Gasteiger partial charge >= 0.3 is 0 Å². The van der Waals surface area contributed by atoms with Crippen molar-refractivity contribution >= 4 is 40.4 Å². The van der Waals surface area contributed by atoms with Crippen LogP contribution in [0.3, 0.4) is 0 Å². The lowest BCUT2D eigenvalue weighted by atomic mass is 9.77. The molecule has 0 radical (unpaired) electrons. The van der Waals surface area contributed by atoms with Crippen molar-refractivity contribution in [2.45, 2.75) is 65.3 Å². The Hall–Kier alpha value is -2.97. The fraction of sp³-hybridized carbons (Fsp3) is 0.407. The van der Waals surface area contributed by atoms with E-state index in [0.29, 0.717) is 11.3 Å². The number of carbonyl (C=O) groups excluding carboxylic acids is 3. The summed E-state index contributed by atoms with van der Waals surface area (Å²) in [5.74, 6) is -1.01. The molecule has 0 aliphatic heterocycles. The third kappa shape index (κ3) is 6.83. The number of ketones is 2. The van der Waals surface area contributed by atoms with E-state index in [-0.39, 0.29) is 46.8 Å². The molecule has 0 unspecified atom stereocenters. The van der Waals surface area contributed by atoms with E-state index in [2.05, 4.69) is 10.5 Å². The Balaban J connectivity index is 1.90. The zero-order valence-corrected chi connectivity index (χ0v) is 22.6. The number of aromatic nitrogens is 1. The summed E-state index contributed by atoms with van der Waals surface area (Å²) in [6.07, 6.45) is 0.0547. The maximum Gasteiger partial charge on any atom is 0.274 e. The van der Waals surface area contributed by atoms with Gasteiger partial charge in [-0.15, -0.1) is 0 Å². The van der Waals surface area contributed by atoms with Gasteiger partial charge in [0.25, 0.3) is 5.91 Å². The van der Waals surface area contributed by atoms with Gasteiger partial charge in [0, 0.05) is 23.8 Å². The maximum atomic E-state index is 13.6. The van der Waals surface area contributed by atoms with E-state index < -0.39 is 23.3 Å². The number of halogens is 1. The summed E-state index contributed by atoms with van der Waals surface area (Å²) in [4.78, 5) is 39.9. The molecule has 2 heterocycles. The van der Waals surface area contributed by atoms with Crippen LogP contribution in [0.2, 0.25) is 5.02 Å². The molecule has 2 N–H and O–H groups in total. The second kappa shape index (κ2) is 11.4. The van der Waals surface area contributed by atoms with Crippen LogP contribution in [0.1, 0.15) is 80.3 Å². The quantitative estimate of drug-likeness (QED) is 0.337. The molecule has 2 aromatic heterocycles. The Morgan fingerprint density at radius 3 is 2.44 bits per heavy atom. The number of hydrogen-bond donors (Lipinski definition) is 2. The first kappa shape index (κ1) is 27.6. The molecular weight excluding hydrogens is 500 g/mol. The lowest BCUT2D eigenvalue weighted by Gasteiger charge is -2.26. The molecular formula is C27H31ClN2O5S. The van der Waals surface area contributed by atoms with Crippen molar-refractivity contribution in [2.24, 2.45) is 5.41 Å². The molecule has 1 amide bonds. The van der Waals surface area contributed by atoms with E-state index in [4.69, 9.17) is 16.1 Å². The van der Waals surface area contributed by atoms with E-state index in [1.165, 1.54) is 17.4 Å². The monoisotopic (exact) mass is 530 g/mol. The Labute approximate surface area is 219 Å². The van der Waals surface area contributed by atoms with Crippen molar-refractivity contribution < 1.29 is 24.0 Å². The Morgan fingerprint density at radius 2 is 1.89 bits per heavy atom. The second-order valence-electron chi connectivity index (χ2n) is 10.2. The highest BCUT2D eigenvalue weighted by Gasteiger charge is 2.35. The topological polar surface area (TPSA) is 110 Å². The van der Waals surface area contributed by atoms with E-state index in [0.717, 1.165) is 5.56 Å². The van der Waals surface area contributed by atoms with Crippen LogP contribution in [-0.4, -0.2) is 33.8 Å². The average molecular weight is 531 g/mol. The molecule has 0 aliphatic carbocycles. The van der Waals surface area contributed by atoms with Crippen LogP contribution in [0, 0.1) is 5.41 Å². The third-order valence-electron chi connectivity index (χ3n) is 5.88. The second-order valence-corrected chi connectivity index (χ2v) is 11.4. The van der Waals surface area contributed by atoms with Gasteiger partial charge in [0.1, 0.15) is 17.3 Å². The van der Waals surface area contributed by atoms with Gasteiger partial charge in [-0.3, -0.25) is 14.4 Å². The number of phenols is 1. The van der Waals surface area contributed by atoms with Gasteiger partial charge in [-0.25, -0.2) is 0 Å². The van der Waals surface area contributed by atoms with Gasteiger partial charge in [0.15, 0.2) is 11.5 Å². The molecule has 2 atom stereocenters. The van der Waals surface area contributed by atoms with Gasteiger partial charge in [0.05, 0.1) is 17.0 Å². The van der Waals surface area contributed by atoms with E-state index in [9.17, 15) is 19.5 Å². The number of carbonyl (C=O) groups is 3. The van der Waals surface area contributed by atoms with Crippen LogP contribution in [0.4, 0.5) is 0 Å². The molecule has 0 fully saturated rings. The van der Waals surface area contributed by atoms with Crippen LogP contribution < -0.4 is 5.32 Å². The fourth-order valence-corrected chi connectivity index (χ4v) is 4.68. The van der Waals surface area contributed by atoms with E-state index >= 15 is 0 Å². The highest BCUT2D eigenvalue weighted by atomic mass is 35.5. The first-order valence-electron chi connectivity index (χ1n) is 11.7. The lowest BCUT2D eigenvalue weighted by molar-refractivity contribution is -0.131. The predicted molar refractivity (Wildman–Crippen MR) is 140 cm³/mol. The molecule has 1 aromatic carbocycles. The van der Waals surface area contributed by atoms with Crippen LogP contribution in [0.15, 0.2) is 45.6 Å². The van der Waals surface area contributed by atoms with Crippen molar-refractivity contribution in [3.63, 3.8) is 0 Å². The molecule has 0 bridgehead atoms. The molecule has 3 rings (SSSR count). The minimum atomic E-state index is -0.953. The minimum absolute atomic E-state index is 0.0467. The Kier molecular flexibility index (Phi) is 8.74. The predicted octanol–water partition coefficient (Wildman–Crippen LogP) is 5.92. The van der Waals surface area contributed by atoms with Gasteiger partial charge in [-0.2, -0.15) is 11.3 Å². The van der Waals surface area contributed by atoms with Crippen LogP contribution >= 0.6 is 22.9 Å². The number of hydrogen-bond acceptors (Lipinski definition) is 7.